The molecule has 0 spiro atoms. The van der Waals surface area contributed by atoms with Gasteiger partial charge in [0.2, 0.25) is 5.91 Å². The van der Waals surface area contributed by atoms with E-state index in [0.29, 0.717) is 18.1 Å². The van der Waals surface area contributed by atoms with Gasteiger partial charge in [0.25, 0.3) is 5.89 Å². The van der Waals surface area contributed by atoms with Crippen molar-refractivity contribution >= 4 is 51.0 Å². The first-order valence-corrected chi connectivity index (χ1v) is 9.89. The number of amides is 1. The number of thioether (sulfide) groups is 1. The summed E-state index contributed by atoms with van der Waals surface area (Å²) in [6.07, 6.45) is 0.346. The Morgan fingerprint density at radius 1 is 1.28 bits per heavy atom. The number of rotatable bonds is 7. The number of halogens is 1. The summed E-state index contributed by atoms with van der Waals surface area (Å²) in [6.45, 7) is 0. The molecule has 2 heterocycles. The van der Waals surface area contributed by atoms with Crippen LogP contribution in [0.2, 0.25) is 0 Å². The van der Waals surface area contributed by atoms with E-state index >= 15 is 0 Å². The van der Waals surface area contributed by atoms with Gasteiger partial charge >= 0.3 is 6.01 Å². The summed E-state index contributed by atoms with van der Waals surface area (Å²) in [5, 5.41) is 10.4. The highest BCUT2D eigenvalue weighted by atomic mass is 79.9. The van der Waals surface area contributed by atoms with Crippen LogP contribution in [0.4, 0.5) is 6.01 Å². The Morgan fingerprint density at radius 2 is 2.08 bits per heavy atom. The summed E-state index contributed by atoms with van der Waals surface area (Å²) in [7, 11) is 1.63. The van der Waals surface area contributed by atoms with Crippen molar-refractivity contribution in [2.45, 2.75) is 11.3 Å². The molecule has 25 heavy (non-hydrogen) atoms. The molecule has 3 rings (SSSR count). The first-order chi connectivity index (χ1) is 12.1. The van der Waals surface area contributed by atoms with Crippen LogP contribution in [0.25, 0.3) is 10.8 Å². The molecule has 0 unspecified atom stereocenters. The number of hydrogen-bond donors (Lipinski definition) is 1. The molecule has 3 aromatic rings. The molecule has 1 N–H and O–H groups in total. The van der Waals surface area contributed by atoms with Gasteiger partial charge in [0.15, 0.2) is 0 Å². The van der Waals surface area contributed by atoms with E-state index in [1.165, 1.54) is 11.3 Å². The van der Waals surface area contributed by atoms with Gasteiger partial charge in [-0.05, 0) is 52.3 Å². The molecule has 0 fully saturated rings. The average Bonchev–Trinajstić information content (AvgIpc) is 3.24. The fraction of sp³-hybridized carbons (Fsp3) is 0.188. The van der Waals surface area contributed by atoms with E-state index < -0.39 is 0 Å². The number of nitrogens with one attached hydrogen (secondary N) is 1. The molecule has 1 amide bonds. The topological polar surface area (TPSA) is 77.2 Å². The number of hydrogen-bond acceptors (Lipinski definition) is 7. The van der Waals surface area contributed by atoms with E-state index in [-0.39, 0.29) is 11.9 Å². The molecule has 6 nitrogen and oxygen atoms in total. The Morgan fingerprint density at radius 3 is 2.76 bits per heavy atom. The summed E-state index contributed by atoms with van der Waals surface area (Å²) in [5.74, 6) is 1.69. The number of carbonyl (C=O) groups is 1. The van der Waals surface area contributed by atoms with Crippen LogP contribution in [-0.4, -0.2) is 29.0 Å². The molecule has 0 atom stereocenters. The third kappa shape index (κ3) is 5.07. The average molecular weight is 440 g/mol. The van der Waals surface area contributed by atoms with Crippen molar-refractivity contribution < 1.29 is 13.9 Å². The van der Waals surface area contributed by atoms with Crippen LogP contribution in [0.1, 0.15) is 6.42 Å². The van der Waals surface area contributed by atoms with Crippen molar-refractivity contribution in [2.24, 2.45) is 0 Å². The lowest BCUT2D eigenvalue weighted by Crippen LogP contribution is -2.12. The Kier molecular flexibility index (Phi) is 6.11. The van der Waals surface area contributed by atoms with Crippen LogP contribution in [0.5, 0.6) is 5.75 Å². The highest BCUT2D eigenvalue weighted by molar-refractivity contribution is 9.11. The van der Waals surface area contributed by atoms with E-state index in [2.05, 4.69) is 31.4 Å². The van der Waals surface area contributed by atoms with Crippen LogP contribution in [-0.2, 0) is 4.79 Å². The second-order valence-electron chi connectivity index (χ2n) is 4.84. The van der Waals surface area contributed by atoms with Gasteiger partial charge < -0.3 is 9.15 Å². The van der Waals surface area contributed by atoms with Crippen LogP contribution >= 0.6 is 39.0 Å². The second kappa shape index (κ2) is 8.50. The van der Waals surface area contributed by atoms with E-state index in [0.717, 1.165) is 19.3 Å². The van der Waals surface area contributed by atoms with Crippen molar-refractivity contribution in [3.05, 3.63) is 40.2 Å². The van der Waals surface area contributed by atoms with Crippen molar-refractivity contribution in [3.8, 4) is 16.5 Å². The summed E-state index contributed by atoms with van der Waals surface area (Å²) < 4.78 is 11.5. The number of anilines is 1. The number of ether oxygens (including phenoxy) is 1. The maximum Gasteiger partial charge on any atom is 0.322 e. The van der Waals surface area contributed by atoms with Gasteiger partial charge in [-0.2, -0.15) is 0 Å². The van der Waals surface area contributed by atoms with Crippen molar-refractivity contribution in [3.63, 3.8) is 0 Å². The molecule has 2 aromatic heterocycles. The maximum atomic E-state index is 12.0. The lowest BCUT2D eigenvalue weighted by Gasteiger charge is -2.03. The zero-order valence-corrected chi connectivity index (χ0v) is 16.4. The summed E-state index contributed by atoms with van der Waals surface area (Å²) in [6, 6.07) is 11.6. The number of carbonyl (C=O) groups excluding carboxylic acids is 1. The molecule has 130 valence electrons. The van der Waals surface area contributed by atoms with Crippen molar-refractivity contribution in [2.75, 3.05) is 18.2 Å². The number of benzene rings is 1. The van der Waals surface area contributed by atoms with Crippen LogP contribution in [0, 0.1) is 0 Å². The van der Waals surface area contributed by atoms with Gasteiger partial charge in [-0.3, -0.25) is 10.1 Å². The Hall–Kier alpha value is -1.84. The summed E-state index contributed by atoms with van der Waals surface area (Å²) in [4.78, 5) is 13.9. The van der Waals surface area contributed by atoms with Gasteiger partial charge in [-0.25, -0.2) is 0 Å². The standard InChI is InChI=1S/C16H14BrN3O3S2/c1-22-10-2-4-11(5-3-10)24-9-8-14(21)18-16-20-19-15(23-16)12-6-7-13(17)25-12/h2-7H,8-9H2,1H3,(H,18,20,21). The molecule has 0 radical (unpaired) electrons. The minimum atomic E-state index is -0.163. The van der Waals surface area contributed by atoms with Crippen molar-refractivity contribution in [1.82, 2.24) is 10.2 Å². The molecular formula is C16H14BrN3O3S2. The van der Waals surface area contributed by atoms with Gasteiger partial charge in [-0.15, -0.1) is 28.2 Å². The largest absolute Gasteiger partial charge is 0.497 e. The van der Waals surface area contributed by atoms with E-state index in [1.807, 2.05) is 36.4 Å². The number of thiophene rings is 1. The van der Waals surface area contributed by atoms with Gasteiger partial charge in [0.05, 0.1) is 15.8 Å². The van der Waals surface area contributed by atoms with Gasteiger partial charge in [0, 0.05) is 17.1 Å². The maximum absolute atomic E-state index is 12.0. The Labute approximate surface area is 161 Å². The zero-order chi connectivity index (χ0) is 17.6. The molecule has 0 saturated carbocycles. The smallest absolute Gasteiger partial charge is 0.322 e. The SMILES string of the molecule is COc1ccc(SCCC(=O)Nc2nnc(-c3ccc(Br)s3)o2)cc1. The van der Waals surface area contributed by atoms with Crippen LogP contribution in [0.3, 0.4) is 0 Å². The predicted octanol–water partition coefficient (Wildman–Crippen LogP) is 4.69. The molecular weight excluding hydrogens is 426 g/mol. The molecule has 0 aliphatic carbocycles. The quantitative estimate of drug-likeness (QED) is 0.537. The van der Waals surface area contributed by atoms with Crippen molar-refractivity contribution in [1.29, 1.82) is 0 Å². The molecule has 0 saturated heterocycles. The van der Waals surface area contributed by atoms with Crippen LogP contribution < -0.4 is 10.1 Å². The number of aromatic nitrogens is 2. The fourth-order valence-corrected chi connectivity index (χ4v) is 4.08. The normalized spacial score (nSPS) is 10.6. The molecule has 0 aliphatic rings. The van der Waals surface area contributed by atoms with E-state index in [9.17, 15) is 4.79 Å². The first-order valence-electron chi connectivity index (χ1n) is 7.30. The van der Waals surface area contributed by atoms with Gasteiger partial charge in [-0.1, -0.05) is 5.10 Å². The molecule has 0 bridgehead atoms. The van der Waals surface area contributed by atoms with E-state index in [4.69, 9.17) is 9.15 Å². The lowest BCUT2D eigenvalue weighted by molar-refractivity contribution is -0.115. The fourth-order valence-electron chi connectivity index (χ4n) is 1.92. The highest BCUT2D eigenvalue weighted by Gasteiger charge is 2.12. The highest BCUT2D eigenvalue weighted by Crippen LogP contribution is 2.31. The van der Waals surface area contributed by atoms with Gasteiger partial charge in [0.1, 0.15) is 5.75 Å². The Balaban J connectivity index is 1.47. The summed E-state index contributed by atoms with van der Waals surface area (Å²) >= 11 is 6.46. The third-order valence-electron chi connectivity index (χ3n) is 3.11. The second-order valence-corrected chi connectivity index (χ2v) is 8.47. The minimum Gasteiger partial charge on any atom is -0.497 e. The Bertz CT molecular complexity index is 848. The third-order valence-corrected chi connectivity index (χ3v) is 5.74. The molecule has 0 aliphatic heterocycles. The monoisotopic (exact) mass is 439 g/mol. The zero-order valence-electron chi connectivity index (χ0n) is 13.2. The minimum absolute atomic E-state index is 0.110. The first kappa shape index (κ1) is 18.0. The molecule has 9 heteroatoms. The molecule has 1 aromatic carbocycles. The predicted molar refractivity (Wildman–Crippen MR) is 102 cm³/mol. The lowest BCUT2D eigenvalue weighted by atomic mass is 10.3. The number of methoxy groups -OCH3 is 1. The summed E-state index contributed by atoms with van der Waals surface area (Å²) in [5.41, 5.74) is 0. The van der Waals surface area contributed by atoms with Crippen LogP contribution in [0.15, 0.2) is 49.5 Å². The number of nitrogens with zero attached hydrogens (tertiary/aromatic N) is 2. The van der Waals surface area contributed by atoms with E-state index in [1.54, 1.807) is 18.9 Å².